The number of hydrogen-bond acceptors (Lipinski definition) is 2. The molecule has 0 N–H and O–H groups in total. The summed E-state index contributed by atoms with van der Waals surface area (Å²) in [6, 6.07) is 8.51. The van der Waals surface area contributed by atoms with Gasteiger partial charge in [0.05, 0.1) is 13.7 Å². The van der Waals surface area contributed by atoms with E-state index in [1.807, 2.05) is 25.2 Å². The van der Waals surface area contributed by atoms with Crippen molar-refractivity contribution in [1.82, 2.24) is 4.90 Å². The fourth-order valence-corrected chi connectivity index (χ4v) is 1.65. The minimum Gasteiger partial charge on any atom is -0.496 e. The van der Waals surface area contributed by atoms with Gasteiger partial charge in [-0.05, 0) is 32.0 Å². The van der Waals surface area contributed by atoms with Crippen LogP contribution in [0, 0.1) is 12.3 Å². The molecule has 16 heavy (non-hydrogen) atoms. The Hall–Kier alpha value is -1.46. The largest absolute Gasteiger partial charge is 0.496 e. The first-order valence-electron chi connectivity index (χ1n) is 5.44. The van der Waals surface area contributed by atoms with Crippen LogP contribution in [-0.4, -0.2) is 31.6 Å². The predicted molar refractivity (Wildman–Crippen MR) is 67.6 cm³/mol. The molecule has 0 saturated heterocycles. The van der Waals surface area contributed by atoms with E-state index in [0.29, 0.717) is 12.6 Å². The van der Waals surface area contributed by atoms with E-state index in [4.69, 9.17) is 11.2 Å². The number of terminal acetylenes is 1. The number of benzene rings is 1. The number of likely N-dealkylation sites (N-methyl/N-ethyl adjacent to an activating group) is 1. The van der Waals surface area contributed by atoms with Gasteiger partial charge in [-0.3, -0.25) is 4.90 Å². The first kappa shape index (κ1) is 12.6. The molecule has 1 aromatic carbocycles. The van der Waals surface area contributed by atoms with Crippen molar-refractivity contribution in [3.05, 3.63) is 29.8 Å². The summed E-state index contributed by atoms with van der Waals surface area (Å²) in [5.41, 5.74) is 1.22. The molecule has 1 aromatic rings. The van der Waals surface area contributed by atoms with Gasteiger partial charge < -0.3 is 4.74 Å². The number of methoxy groups -OCH3 is 1. The molecule has 1 atom stereocenters. The van der Waals surface area contributed by atoms with Gasteiger partial charge >= 0.3 is 0 Å². The maximum absolute atomic E-state index is 5.33. The lowest BCUT2D eigenvalue weighted by Gasteiger charge is -2.23. The van der Waals surface area contributed by atoms with Crippen LogP contribution in [0.15, 0.2) is 24.3 Å². The first-order valence-corrected chi connectivity index (χ1v) is 5.44. The zero-order valence-corrected chi connectivity index (χ0v) is 10.2. The summed E-state index contributed by atoms with van der Waals surface area (Å²) < 4.78 is 5.33. The Balaban J connectivity index is 2.69. The highest BCUT2D eigenvalue weighted by Gasteiger charge is 2.11. The van der Waals surface area contributed by atoms with Crippen LogP contribution in [0.1, 0.15) is 12.5 Å². The average Bonchev–Trinajstić information content (AvgIpc) is 2.30. The summed E-state index contributed by atoms with van der Waals surface area (Å²) in [4.78, 5) is 2.16. The Kier molecular flexibility index (Phi) is 4.88. The molecule has 0 amide bonds. The van der Waals surface area contributed by atoms with Crippen molar-refractivity contribution >= 4 is 0 Å². The Morgan fingerprint density at radius 2 is 2.12 bits per heavy atom. The molecule has 0 aliphatic heterocycles. The Morgan fingerprint density at radius 1 is 1.44 bits per heavy atom. The van der Waals surface area contributed by atoms with E-state index in [1.165, 1.54) is 5.56 Å². The van der Waals surface area contributed by atoms with Gasteiger partial charge in [0.25, 0.3) is 0 Å². The lowest BCUT2D eigenvalue weighted by molar-refractivity contribution is 0.284. The Bertz CT molecular complexity index is 367. The molecule has 2 heteroatoms. The van der Waals surface area contributed by atoms with Gasteiger partial charge in [-0.15, -0.1) is 6.42 Å². The topological polar surface area (TPSA) is 12.5 Å². The van der Waals surface area contributed by atoms with E-state index < -0.39 is 0 Å². The van der Waals surface area contributed by atoms with Crippen LogP contribution in [-0.2, 0) is 6.42 Å². The maximum Gasteiger partial charge on any atom is 0.122 e. The highest BCUT2D eigenvalue weighted by Crippen LogP contribution is 2.19. The van der Waals surface area contributed by atoms with Gasteiger partial charge in [0.15, 0.2) is 0 Å². The highest BCUT2D eigenvalue weighted by molar-refractivity contribution is 5.33. The Morgan fingerprint density at radius 3 is 2.75 bits per heavy atom. The van der Waals surface area contributed by atoms with Gasteiger partial charge in [-0.1, -0.05) is 24.1 Å². The van der Waals surface area contributed by atoms with Gasteiger partial charge in [-0.25, -0.2) is 0 Å². The molecular formula is C14H19NO. The summed E-state index contributed by atoms with van der Waals surface area (Å²) in [7, 11) is 3.74. The molecule has 86 valence electrons. The SMILES string of the molecule is C#CCN(C)C(C)Cc1ccccc1OC. The number of hydrogen-bond donors (Lipinski definition) is 0. The van der Waals surface area contributed by atoms with Gasteiger partial charge in [0.2, 0.25) is 0 Å². The third kappa shape index (κ3) is 3.29. The summed E-state index contributed by atoms with van der Waals surface area (Å²) in [6.07, 6.45) is 6.25. The van der Waals surface area contributed by atoms with Crippen LogP contribution in [0.3, 0.4) is 0 Å². The van der Waals surface area contributed by atoms with Crippen molar-refractivity contribution in [3.8, 4) is 18.1 Å². The summed E-state index contributed by atoms with van der Waals surface area (Å²) in [5, 5.41) is 0. The van der Waals surface area contributed by atoms with E-state index in [9.17, 15) is 0 Å². The third-order valence-corrected chi connectivity index (χ3v) is 2.80. The highest BCUT2D eigenvalue weighted by atomic mass is 16.5. The molecule has 0 spiro atoms. The van der Waals surface area contributed by atoms with Crippen molar-refractivity contribution in [2.75, 3.05) is 20.7 Å². The van der Waals surface area contributed by atoms with Crippen LogP contribution in [0.4, 0.5) is 0 Å². The molecule has 0 fully saturated rings. The monoisotopic (exact) mass is 217 g/mol. The molecule has 0 aromatic heterocycles. The zero-order valence-electron chi connectivity index (χ0n) is 10.2. The van der Waals surface area contributed by atoms with Crippen LogP contribution in [0.5, 0.6) is 5.75 Å². The number of ether oxygens (including phenoxy) is 1. The fraction of sp³-hybridized carbons (Fsp3) is 0.429. The number of para-hydroxylation sites is 1. The zero-order chi connectivity index (χ0) is 12.0. The van der Waals surface area contributed by atoms with Crippen molar-refractivity contribution < 1.29 is 4.74 Å². The molecule has 0 saturated carbocycles. The van der Waals surface area contributed by atoms with Crippen molar-refractivity contribution in [1.29, 1.82) is 0 Å². The van der Waals surface area contributed by atoms with E-state index >= 15 is 0 Å². The second-order valence-electron chi connectivity index (χ2n) is 3.98. The minimum absolute atomic E-state index is 0.410. The van der Waals surface area contributed by atoms with Crippen molar-refractivity contribution in [3.63, 3.8) is 0 Å². The summed E-state index contributed by atoms with van der Waals surface area (Å²) >= 11 is 0. The quantitative estimate of drug-likeness (QED) is 0.701. The predicted octanol–water partition coefficient (Wildman–Crippen LogP) is 2.19. The fourth-order valence-electron chi connectivity index (χ4n) is 1.65. The average molecular weight is 217 g/mol. The van der Waals surface area contributed by atoms with E-state index in [-0.39, 0.29) is 0 Å². The summed E-state index contributed by atoms with van der Waals surface area (Å²) in [6.45, 7) is 2.85. The summed E-state index contributed by atoms with van der Waals surface area (Å²) in [5.74, 6) is 3.61. The lowest BCUT2D eigenvalue weighted by Crippen LogP contribution is -2.31. The van der Waals surface area contributed by atoms with E-state index in [1.54, 1.807) is 7.11 Å². The maximum atomic E-state index is 5.33. The van der Waals surface area contributed by atoms with Crippen LogP contribution < -0.4 is 4.74 Å². The molecule has 0 heterocycles. The normalized spacial score (nSPS) is 12.2. The number of nitrogens with zero attached hydrogens (tertiary/aromatic N) is 1. The molecular weight excluding hydrogens is 198 g/mol. The third-order valence-electron chi connectivity index (χ3n) is 2.80. The van der Waals surface area contributed by atoms with E-state index in [2.05, 4.69) is 23.8 Å². The molecule has 0 aliphatic rings. The Labute approximate surface area is 98.2 Å². The van der Waals surface area contributed by atoms with Crippen molar-refractivity contribution in [2.24, 2.45) is 0 Å². The second kappa shape index (κ2) is 6.19. The number of rotatable bonds is 5. The smallest absolute Gasteiger partial charge is 0.122 e. The van der Waals surface area contributed by atoms with Crippen molar-refractivity contribution in [2.45, 2.75) is 19.4 Å². The van der Waals surface area contributed by atoms with Gasteiger partial charge in [0, 0.05) is 6.04 Å². The molecule has 1 unspecified atom stereocenters. The van der Waals surface area contributed by atoms with Crippen LogP contribution in [0.2, 0.25) is 0 Å². The molecule has 0 aliphatic carbocycles. The molecule has 0 radical (unpaired) electrons. The second-order valence-corrected chi connectivity index (χ2v) is 3.98. The molecule has 0 bridgehead atoms. The molecule has 2 nitrogen and oxygen atoms in total. The lowest BCUT2D eigenvalue weighted by atomic mass is 10.1. The van der Waals surface area contributed by atoms with Crippen LogP contribution in [0.25, 0.3) is 0 Å². The van der Waals surface area contributed by atoms with E-state index in [0.717, 1.165) is 12.2 Å². The first-order chi connectivity index (χ1) is 7.69. The van der Waals surface area contributed by atoms with Crippen LogP contribution >= 0.6 is 0 Å². The van der Waals surface area contributed by atoms with Gasteiger partial charge in [-0.2, -0.15) is 0 Å². The molecule has 1 rings (SSSR count). The minimum atomic E-state index is 0.410. The van der Waals surface area contributed by atoms with Gasteiger partial charge in [0.1, 0.15) is 5.75 Å². The standard InChI is InChI=1S/C14H19NO/c1-5-10-15(3)12(2)11-13-8-6-7-9-14(13)16-4/h1,6-9,12H,10-11H2,2-4H3.